The Labute approximate surface area is 108 Å². The molecule has 1 unspecified atom stereocenters. The van der Waals surface area contributed by atoms with Crippen LogP contribution in [0.4, 0.5) is 0 Å². The summed E-state index contributed by atoms with van der Waals surface area (Å²) in [7, 11) is 4.18. The standard InChI is InChI=1S/C13H23N3O2/c1-15(2)9-10-3-5-16(6-4-10)13(18)11-7-12(17)14-8-11/h10-11H,3-9H2,1-2H3,(H,14,17). The van der Waals surface area contributed by atoms with E-state index < -0.39 is 0 Å². The average Bonchev–Trinajstić information content (AvgIpc) is 2.75. The first-order chi connectivity index (χ1) is 8.56. The Morgan fingerprint density at radius 2 is 2.06 bits per heavy atom. The second-order valence-corrected chi connectivity index (χ2v) is 5.74. The maximum atomic E-state index is 12.2. The van der Waals surface area contributed by atoms with Crippen molar-refractivity contribution in [3.05, 3.63) is 0 Å². The fraction of sp³-hybridized carbons (Fsp3) is 0.846. The fourth-order valence-corrected chi connectivity index (χ4v) is 2.89. The number of likely N-dealkylation sites (tertiary alicyclic amines) is 1. The van der Waals surface area contributed by atoms with Crippen molar-refractivity contribution in [2.45, 2.75) is 19.3 Å². The third-order valence-corrected chi connectivity index (χ3v) is 3.88. The smallest absolute Gasteiger partial charge is 0.227 e. The van der Waals surface area contributed by atoms with Gasteiger partial charge in [-0.1, -0.05) is 0 Å². The Hall–Kier alpha value is -1.10. The van der Waals surface area contributed by atoms with Gasteiger partial charge in [0.1, 0.15) is 0 Å². The van der Waals surface area contributed by atoms with Gasteiger partial charge in [-0.05, 0) is 32.9 Å². The molecule has 2 fully saturated rings. The van der Waals surface area contributed by atoms with Crippen LogP contribution in [-0.4, -0.2) is 61.9 Å². The van der Waals surface area contributed by atoms with Crippen molar-refractivity contribution in [3.63, 3.8) is 0 Å². The van der Waals surface area contributed by atoms with Crippen molar-refractivity contribution in [1.29, 1.82) is 0 Å². The lowest BCUT2D eigenvalue weighted by atomic mass is 9.95. The highest BCUT2D eigenvalue weighted by molar-refractivity contribution is 5.89. The van der Waals surface area contributed by atoms with Gasteiger partial charge >= 0.3 is 0 Å². The van der Waals surface area contributed by atoms with Crippen LogP contribution in [0.3, 0.4) is 0 Å². The summed E-state index contributed by atoms with van der Waals surface area (Å²) in [5, 5.41) is 2.73. The zero-order chi connectivity index (χ0) is 13.1. The van der Waals surface area contributed by atoms with Gasteiger partial charge in [0.05, 0.1) is 5.92 Å². The van der Waals surface area contributed by atoms with Crippen LogP contribution in [-0.2, 0) is 9.59 Å². The van der Waals surface area contributed by atoms with E-state index in [4.69, 9.17) is 0 Å². The third-order valence-electron chi connectivity index (χ3n) is 3.88. The van der Waals surface area contributed by atoms with E-state index in [0.29, 0.717) is 18.9 Å². The van der Waals surface area contributed by atoms with Crippen molar-refractivity contribution >= 4 is 11.8 Å². The maximum Gasteiger partial charge on any atom is 0.227 e. The van der Waals surface area contributed by atoms with Crippen LogP contribution in [0.5, 0.6) is 0 Å². The van der Waals surface area contributed by atoms with Crippen LogP contribution < -0.4 is 5.32 Å². The zero-order valence-electron chi connectivity index (χ0n) is 11.3. The molecule has 102 valence electrons. The molecule has 5 nitrogen and oxygen atoms in total. The monoisotopic (exact) mass is 253 g/mol. The van der Waals surface area contributed by atoms with Gasteiger partial charge in [0.2, 0.25) is 11.8 Å². The van der Waals surface area contributed by atoms with E-state index in [1.807, 2.05) is 4.90 Å². The molecule has 2 heterocycles. The van der Waals surface area contributed by atoms with Gasteiger partial charge < -0.3 is 15.1 Å². The fourth-order valence-electron chi connectivity index (χ4n) is 2.89. The Bertz CT molecular complexity index is 322. The number of hydrogen-bond acceptors (Lipinski definition) is 3. The molecule has 18 heavy (non-hydrogen) atoms. The van der Waals surface area contributed by atoms with E-state index in [2.05, 4.69) is 24.3 Å². The summed E-state index contributed by atoms with van der Waals surface area (Å²) >= 11 is 0. The average molecular weight is 253 g/mol. The maximum absolute atomic E-state index is 12.2. The van der Waals surface area contributed by atoms with Gasteiger partial charge in [0, 0.05) is 32.6 Å². The molecule has 0 aromatic rings. The largest absolute Gasteiger partial charge is 0.355 e. The molecule has 0 radical (unpaired) electrons. The molecule has 2 rings (SSSR count). The third kappa shape index (κ3) is 3.22. The van der Waals surface area contributed by atoms with Gasteiger partial charge in [-0.15, -0.1) is 0 Å². The molecule has 1 N–H and O–H groups in total. The summed E-state index contributed by atoms with van der Waals surface area (Å²) in [6, 6.07) is 0. The molecule has 2 aliphatic heterocycles. The normalized spacial score (nSPS) is 25.6. The summed E-state index contributed by atoms with van der Waals surface area (Å²) in [4.78, 5) is 27.5. The van der Waals surface area contributed by atoms with Crippen molar-refractivity contribution < 1.29 is 9.59 Å². The molecule has 0 aliphatic carbocycles. The highest BCUT2D eigenvalue weighted by Gasteiger charge is 2.33. The minimum Gasteiger partial charge on any atom is -0.355 e. The second kappa shape index (κ2) is 5.69. The number of piperidine rings is 1. The molecular formula is C13H23N3O2. The minimum absolute atomic E-state index is 0.0100. The number of nitrogens with one attached hydrogen (secondary N) is 1. The first-order valence-electron chi connectivity index (χ1n) is 6.76. The molecule has 0 aromatic heterocycles. The second-order valence-electron chi connectivity index (χ2n) is 5.74. The van der Waals surface area contributed by atoms with Gasteiger partial charge in [-0.2, -0.15) is 0 Å². The lowest BCUT2D eigenvalue weighted by Crippen LogP contribution is -2.43. The first kappa shape index (κ1) is 13.3. The number of rotatable bonds is 3. The van der Waals surface area contributed by atoms with E-state index in [1.165, 1.54) is 0 Å². The Kier molecular flexibility index (Phi) is 4.22. The van der Waals surface area contributed by atoms with Gasteiger partial charge in [0.25, 0.3) is 0 Å². The number of amides is 2. The van der Waals surface area contributed by atoms with Crippen LogP contribution in [0.25, 0.3) is 0 Å². The van der Waals surface area contributed by atoms with Crippen LogP contribution in [0.1, 0.15) is 19.3 Å². The van der Waals surface area contributed by atoms with E-state index in [0.717, 1.165) is 32.5 Å². The lowest BCUT2D eigenvalue weighted by molar-refractivity contribution is -0.137. The first-order valence-corrected chi connectivity index (χ1v) is 6.76. The van der Waals surface area contributed by atoms with E-state index >= 15 is 0 Å². The number of hydrogen-bond donors (Lipinski definition) is 1. The van der Waals surface area contributed by atoms with Crippen molar-refractivity contribution in [2.24, 2.45) is 11.8 Å². The summed E-state index contributed by atoms with van der Waals surface area (Å²) in [6.07, 6.45) is 2.53. The van der Waals surface area contributed by atoms with E-state index in [9.17, 15) is 9.59 Å². The van der Waals surface area contributed by atoms with E-state index in [-0.39, 0.29) is 17.7 Å². The number of carbonyl (C=O) groups is 2. The summed E-state index contributed by atoms with van der Waals surface area (Å²) in [5.74, 6) is 0.753. The summed E-state index contributed by atoms with van der Waals surface area (Å²) < 4.78 is 0. The van der Waals surface area contributed by atoms with Gasteiger partial charge in [-0.25, -0.2) is 0 Å². The van der Waals surface area contributed by atoms with Crippen LogP contribution in [0.2, 0.25) is 0 Å². The van der Waals surface area contributed by atoms with Crippen molar-refractivity contribution in [3.8, 4) is 0 Å². The predicted octanol–water partition coefficient (Wildman–Crippen LogP) is -0.0773. The molecule has 0 aromatic carbocycles. The molecule has 2 aliphatic rings. The van der Waals surface area contributed by atoms with Crippen molar-refractivity contribution in [1.82, 2.24) is 15.1 Å². The van der Waals surface area contributed by atoms with Crippen LogP contribution in [0.15, 0.2) is 0 Å². The SMILES string of the molecule is CN(C)CC1CCN(C(=O)C2CNC(=O)C2)CC1. The topological polar surface area (TPSA) is 52.6 Å². The van der Waals surface area contributed by atoms with Crippen LogP contribution >= 0.6 is 0 Å². The zero-order valence-corrected chi connectivity index (χ0v) is 11.3. The Morgan fingerprint density at radius 1 is 1.39 bits per heavy atom. The predicted molar refractivity (Wildman–Crippen MR) is 69.0 cm³/mol. The molecule has 0 saturated carbocycles. The van der Waals surface area contributed by atoms with Crippen LogP contribution in [0, 0.1) is 11.8 Å². The van der Waals surface area contributed by atoms with E-state index in [1.54, 1.807) is 0 Å². The number of carbonyl (C=O) groups excluding carboxylic acids is 2. The quantitative estimate of drug-likeness (QED) is 0.765. The molecular weight excluding hydrogens is 230 g/mol. The molecule has 2 saturated heterocycles. The molecule has 5 heteroatoms. The molecule has 0 spiro atoms. The Morgan fingerprint density at radius 3 is 2.56 bits per heavy atom. The summed E-state index contributed by atoms with van der Waals surface area (Å²) in [6.45, 7) is 3.32. The highest BCUT2D eigenvalue weighted by Crippen LogP contribution is 2.21. The molecule has 2 amide bonds. The van der Waals surface area contributed by atoms with Gasteiger partial charge in [-0.3, -0.25) is 9.59 Å². The highest BCUT2D eigenvalue weighted by atomic mass is 16.2. The number of nitrogens with zero attached hydrogens (tertiary/aromatic N) is 2. The Balaban J connectivity index is 1.79. The lowest BCUT2D eigenvalue weighted by Gasteiger charge is -2.34. The molecule has 1 atom stereocenters. The van der Waals surface area contributed by atoms with Crippen molar-refractivity contribution in [2.75, 3.05) is 40.3 Å². The summed E-state index contributed by atoms with van der Waals surface area (Å²) in [5.41, 5.74) is 0. The minimum atomic E-state index is -0.122. The van der Waals surface area contributed by atoms with Gasteiger partial charge in [0.15, 0.2) is 0 Å². The molecule has 0 bridgehead atoms.